The molecule has 8 heteroatoms. The molecular weight excluding hydrogens is 383 g/mol. The van der Waals surface area contributed by atoms with E-state index >= 15 is 0 Å². The largest absolute Gasteiger partial charge is 0.490 e. The van der Waals surface area contributed by atoms with E-state index in [4.69, 9.17) is 38.4 Å². The minimum Gasteiger partial charge on any atom is -0.490 e. The number of hydrogen-bond acceptors (Lipinski definition) is 4. The van der Waals surface area contributed by atoms with E-state index in [9.17, 15) is 4.79 Å². The van der Waals surface area contributed by atoms with Gasteiger partial charge >= 0.3 is 0 Å². The molecule has 0 radical (unpaired) electrons. The van der Waals surface area contributed by atoms with Crippen LogP contribution in [-0.4, -0.2) is 17.6 Å². The Morgan fingerprint density at radius 3 is 2.64 bits per heavy atom. The quantitative estimate of drug-likeness (QED) is 0.720. The highest BCUT2D eigenvalue weighted by molar-refractivity contribution is 7.80. The van der Waals surface area contributed by atoms with E-state index in [-0.39, 0.29) is 22.3 Å². The van der Waals surface area contributed by atoms with Crippen molar-refractivity contribution in [2.45, 2.75) is 13.5 Å². The first-order valence-electron chi connectivity index (χ1n) is 7.35. The summed E-state index contributed by atoms with van der Waals surface area (Å²) in [4.78, 5) is 12.0. The van der Waals surface area contributed by atoms with Crippen LogP contribution in [0.3, 0.4) is 0 Å². The van der Waals surface area contributed by atoms with Gasteiger partial charge in [-0.25, -0.2) is 0 Å². The maximum absolute atomic E-state index is 12.0. The number of carbonyl (C=O) groups excluding carboxylic acids is 1. The molecule has 3 N–H and O–H groups in total. The molecule has 25 heavy (non-hydrogen) atoms. The number of carbonyl (C=O) groups is 1. The molecule has 2 aromatic rings. The van der Waals surface area contributed by atoms with E-state index in [0.717, 1.165) is 5.56 Å². The third-order valence-electron chi connectivity index (χ3n) is 3.08. The molecule has 0 bridgehead atoms. The molecule has 132 valence electrons. The number of amides is 1. The maximum atomic E-state index is 12.0. The molecule has 0 atom stereocenters. The Labute approximate surface area is 161 Å². The van der Waals surface area contributed by atoms with Gasteiger partial charge in [0.15, 0.2) is 16.6 Å². The van der Waals surface area contributed by atoms with Crippen molar-refractivity contribution in [1.82, 2.24) is 5.32 Å². The standard InChI is InChI=1S/C17H16Cl2N2O3S/c1-2-23-14-8-11(16(22)21-17(20)25)7-13(19)15(14)24-9-10-4-3-5-12(18)6-10/h3-8H,2,9H2,1H3,(H3,20,21,22,25). The summed E-state index contributed by atoms with van der Waals surface area (Å²) >= 11 is 16.9. The minimum atomic E-state index is -0.475. The first kappa shape index (κ1) is 19.3. The second-order valence-corrected chi connectivity index (χ2v) is 6.24. The van der Waals surface area contributed by atoms with Gasteiger partial charge in [-0.1, -0.05) is 35.3 Å². The molecule has 0 fully saturated rings. The number of nitrogens with one attached hydrogen (secondary N) is 1. The van der Waals surface area contributed by atoms with Crippen LogP contribution in [0.1, 0.15) is 22.8 Å². The van der Waals surface area contributed by atoms with Crippen LogP contribution in [0.2, 0.25) is 10.0 Å². The second-order valence-electron chi connectivity index (χ2n) is 4.96. The summed E-state index contributed by atoms with van der Waals surface area (Å²) in [6.07, 6.45) is 0. The first-order chi connectivity index (χ1) is 11.9. The van der Waals surface area contributed by atoms with Gasteiger partial charge in [0.1, 0.15) is 6.61 Å². The molecule has 0 saturated carbocycles. The average molecular weight is 399 g/mol. The van der Waals surface area contributed by atoms with Crippen LogP contribution in [0, 0.1) is 0 Å². The SMILES string of the molecule is CCOc1cc(C(=O)NC(N)=S)cc(Cl)c1OCc1cccc(Cl)c1. The molecule has 0 saturated heterocycles. The van der Waals surface area contributed by atoms with Gasteiger partial charge in [0, 0.05) is 10.6 Å². The molecule has 5 nitrogen and oxygen atoms in total. The van der Waals surface area contributed by atoms with Crippen molar-refractivity contribution in [2.75, 3.05) is 6.61 Å². The Morgan fingerprint density at radius 2 is 2.00 bits per heavy atom. The first-order valence-corrected chi connectivity index (χ1v) is 8.51. The number of ether oxygens (including phenoxy) is 2. The summed E-state index contributed by atoms with van der Waals surface area (Å²) in [5.74, 6) is 0.220. The van der Waals surface area contributed by atoms with Crippen LogP contribution in [0.5, 0.6) is 11.5 Å². The number of thiocarbonyl (C=S) groups is 1. The highest BCUT2D eigenvalue weighted by atomic mass is 35.5. The second kappa shape index (κ2) is 8.89. The number of halogens is 2. The van der Waals surface area contributed by atoms with Crippen molar-refractivity contribution < 1.29 is 14.3 Å². The summed E-state index contributed by atoms with van der Waals surface area (Å²) in [7, 11) is 0. The van der Waals surface area contributed by atoms with Crippen LogP contribution >= 0.6 is 35.4 Å². The van der Waals surface area contributed by atoms with Crippen molar-refractivity contribution >= 4 is 46.4 Å². The predicted octanol–water partition coefficient (Wildman–Crippen LogP) is 3.94. The number of benzene rings is 2. The topological polar surface area (TPSA) is 73.6 Å². The van der Waals surface area contributed by atoms with Crippen molar-refractivity contribution in [1.29, 1.82) is 0 Å². The molecule has 0 aromatic heterocycles. The van der Waals surface area contributed by atoms with Gasteiger partial charge in [0.2, 0.25) is 0 Å². The molecule has 2 aromatic carbocycles. The van der Waals surface area contributed by atoms with Gasteiger partial charge in [-0.05, 0) is 49.0 Å². The minimum absolute atomic E-state index is 0.125. The average Bonchev–Trinajstić information content (AvgIpc) is 2.53. The van der Waals surface area contributed by atoms with Crippen LogP contribution in [0.25, 0.3) is 0 Å². The van der Waals surface area contributed by atoms with Crippen LogP contribution in [0.4, 0.5) is 0 Å². The van der Waals surface area contributed by atoms with Crippen molar-refractivity contribution in [3.63, 3.8) is 0 Å². The van der Waals surface area contributed by atoms with E-state index in [0.29, 0.717) is 23.1 Å². The van der Waals surface area contributed by atoms with Crippen molar-refractivity contribution in [2.24, 2.45) is 5.73 Å². The molecule has 0 unspecified atom stereocenters. The van der Waals surface area contributed by atoms with Crippen LogP contribution < -0.4 is 20.5 Å². The van der Waals surface area contributed by atoms with E-state index in [2.05, 4.69) is 17.5 Å². The Bertz CT molecular complexity index is 799. The lowest BCUT2D eigenvalue weighted by atomic mass is 10.2. The normalized spacial score (nSPS) is 10.2. The Morgan fingerprint density at radius 1 is 1.24 bits per heavy atom. The number of hydrogen-bond donors (Lipinski definition) is 2. The van der Waals surface area contributed by atoms with E-state index < -0.39 is 5.91 Å². The molecule has 0 heterocycles. The smallest absolute Gasteiger partial charge is 0.257 e. The lowest BCUT2D eigenvalue weighted by Gasteiger charge is -2.15. The zero-order valence-corrected chi connectivity index (χ0v) is 15.7. The molecular formula is C17H16Cl2N2O3S. The monoisotopic (exact) mass is 398 g/mol. The maximum Gasteiger partial charge on any atom is 0.257 e. The fourth-order valence-electron chi connectivity index (χ4n) is 2.07. The highest BCUT2D eigenvalue weighted by Crippen LogP contribution is 2.37. The fraction of sp³-hybridized carbons (Fsp3) is 0.176. The van der Waals surface area contributed by atoms with Gasteiger partial charge in [-0.15, -0.1) is 0 Å². The predicted molar refractivity (Wildman–Crippen MR) is 103 cm³/mol. The molecule has 0 aliphatic carbocycles. The summed E-state index contributed by atoms with van der Waals surface area (Å²) < 4.78 is 11.3. The fourth-order valence-corrected chi connectivity index (χ4v) is 2.64. The zero-order valence-electron chi connectivity index (χ0n) is 13.3. The van der Waals surface area contributed by atoms with E-state index in [1.54, 1.807) is 12.1 Å². The Hall–Kier alpha value is -2.02. The van der Waals surface area contributed by atoms with Gasteiger partial charge in [0.25, 0.3) is 5.91 Å². The van der Waals surface area contributed by atoms with Crippen LogP contribution in [0.15, 0.2) is 36.4 Å². The van der Waals surface area contributed by atoms with Gasteiger partial charge in [-0.3, -0.25) is 10.1 Å². The lowest BCUT2D eigenvalue weighted by Crippen LogP contribution is -2.34. The molecule has 1 amide bonds. The lowest BCUT2D eigenvalue weighted by molar-refractivity contribution is 0.0977. The third kappa shape index (κ3) is 5.49. The third-order valence-corrected chi connectivity index (χ3v) is 3.70. The highest BCUT2D eigenvalue weighted by Gasteiger charge is 2.17. The summed E-state index contributed by atoms with van der Waals surface area (Å²) in [5, 5.41) is 3.07. The summed E-state index contributed by atoms with van der Waals surface area (Å²) in [6.45, 7) is 2.44. The Kier molecular flexibility index (Phi) is 6.87. The zero-order chi connectivity index (χ0) is 18.4. The number of nitrogens with two attached hydrogens (primary N) is 1. The Balaban J connectivity index is 2.27. The number of rotatable bonds is 6. The van der Waals surface area contributed by atoms with Gasteiger partial charge in [-0.2, -0.15) is 0 Å². The molecule has 0 aliphatic heterocycles. The van der Waals surface area contributed by atoms with Gasteiger partial charge in [0.05, 0.1) is 11.6 Å². The van der Waals surface area contributed by atoms with Crippen molar-refractivity contribution in [3.8, 4) is 11.5 Å². The molecule has 0 aliphatic rings. The summed E-state index contributed by atoms with van der Waals surface area (Å²) in [6, 6.07) is 10.3. The van der Waals surface area contributed by atoms with Crippen LogP contribution in [-0.2, 0) is 6.61 Å². The molecule has 0 spiro atoms. The van der Waals surface area contributed by atoms with Crippen molar-refractivity contribution in [3.05, 3.63) is 57.6 Å². The molecule has 2 rings (SSSR count). The summed E-state index contributed by atoms with van der Waals surface area (Å²) in [5.41, 5.74) is 6.46. The van der Waals surface area contributed by atoms with Gasteiger partial charge < -0.3 is 15.2 Å². The van der Waals surface area contributed by atoms with E-state index in [1.807, 2.05) is 19.1 Å². The van der Waals surface area contributed by atoms with E-state index in [1.165, 1.54) is 12.1 Å².